The molecule has 0 bridgehead atoms. The van der Waals surface area contributed by atoms with Crippen molar-refractivity contribution in [3.05, 3.63) is 55.6 Å². The summed E-state index contributed by atoms with van der Waals surface area (Å²) in [5, 5.41) is 23.2. The van der Waals surface area contributed by atoms with E-state index in [0.29, 0.717) is 9.79 Å². The average molecular weight is 545 g/mol. The molecule has 0 aliphatic heterocycles. The van der Waals surface area contributed by atoms with Gasteiger partial charge in [0.1, 0.15) is 0 Å². The molecule has 0 saturated carbocycles. The van der Waals surface area contributed by atoms with Crippen molar-refractivity contribution < 1.29 is 28.9 Å². The van der Waals surface area contributed by atoms with E-state index in [1.807, 2.05) is 0 Å². The Balaban J connectivity index is 2.91. The highest BCUT2D eigenvalue weighted by Gasteiger charge is 2.36. The average Bonchev–Trinajstić information content (AvgIpc) is 2.64. The molecule has 35 heavy (non-hydrogen) atoms. The number of benzene rings is 2. The third kappa shape index (κ3) is 6.62. The molecule has 0 N–H and O–H groups in total. The number of esters is 2. The van der Waals surface area contributed by atoms with Gasteiger partial charge in [-0.15, -0.1) is 23.2 Å². The van der Waals surface area contributed by atoms with Crippen LogP contribution in [0.3, 0.4) is 0 Å². The molecule has 0 heterocycles. The van der Waals surface area contributed by atoms with E-state index < -0.39 is 42.9 Å². The van der Waals surface area contributed by atoms with E-state index in [4.69, 9.17) is 32.7 Å². The van der Waals surface area contributed by atoms with E-state index in [0.717, 1.165) is 37.7 Å². The van der Waals surface area contributed by atoms with Crippen LogP contribution in [0.4, 0.5) is 11.4 Å². The first-order chi connectivity index (χ1) is 15.9. The van der Waals surface area contributed by atoms with Crippen LogP contribution in [-0.4, -0.2) is 21.8 Å². The second-order valence-electron chi connectivity index (χ2n) is 8.32. The molecule has 0 aromatic heterocycles. The van der Waals surface area contributed by atoms with Crippen molar-refractivity contribution in [2.24, 2.45) is 0 Å². The fourth-order valence-electron chi connectivity index (χ4n) is 3.30. The van der Waals surface area contributed by atoms with Crippen molar-refractivity contribution in [1.29, 1.82) is 0 Å². The van der Waals surface area contributed by atoms with Crippen molar-refractivity contribution in [1.82, 2.24) is 0 Å². The van der Waals surface area contributed by atoms with Crippen LogP contribution in [0.5, 0.6) is 11.5 Å². The highest BCUT2D eigenvalue weighted by atomic mass is 35.5. The van der Waals surface area contributed by atoms with Crippen molar-refractivity contribution in [3.8, 4) is 11.5 Å². The maximum atomic E-state index is 11.7. The van der Waals surface area contributed by atoms with Crippen LogP contribution in [0.25, 0.3) is 0 Å². The van der Waals surface area contributed by atoms with Gasteiger partial charge in [0.05, 0.1) is 19.6 Å². The molecule has 0 aliphatic rings. The summed E-state index contributed by atoms with van der Waals surface area (Å²) >= 11 is 14.2. The summed E-state index contributed by atoms with van der Waals surface area (Å²) in [6.45, 7) is 8.47. The number of carbonyl (C=O) groups excluding carboxylic acids is 2. The highest BCUT2D eigenvalue weighted by Crippen LogP contribution is 2.52. The van der Waals surface area contributed by atoms with Gasteiger partial charge < -0.3 is 9.47 Å². The number of carbonyl (C=O) groups is 2. The van der Waals surface area contributed by atoms with Gasteiger partial charge in [0.2, 0.25) is 11.5 Å². The zero-order valence-electron chi connectivity index (χ0n) is 19.6. The second-order valence-corrected chi connectivity index (χ2v) is 11.3. The molecule has 13 heteroatoms. The Morgan fingerprint density at radius 2 is 1.09 bits per heavy atom. The lowest BCUT2D eigenvalue weighted by Gasteiger charge is -2.26. The van der Waals surface area contributed by atoms with Gasteiger partial charge in [-0.05, 0) is 39.8 Å². The molecule has 0 spiro atoms. The largest absolute Gasteiger partial charge is 0.419 e. The molecule has 0 amide bonds. The number of ether oxygens (including phenoxy) is 2. The third-order valence-electron chi connectivity index (χ3n) is 4.49. The summed E-state index contributed by atoms with van der Waals surface area (Å²) in [5.41, 5.74) is -0.621. The smallest absolute Gasteiger partial charge is 0.312 e. The number of alkyl halides is 2. The fraction of sp³-hybridized carbons (Fsp3) is 0.364. The lowest BCUT2D eigenvalue weighted by Crippen LogP contribution is -2.17. The molecule has 188 valence electrons. The van der Waals surface area contributed by atoms with Crippen molar-refractivity contribution >= 4 is 58.3 Å². The number of hydrogen-bond donors (Lipinski definition) is 0. The molecule has 10 nitrogen and oxygen atoms in total. The third-order valence-corrected chi connectivity index (χ3v) is 5.99. The molecular weight excluding hydrogens is 523 g/mol. The topological polar surface area (TPSA) is 139 Å². The van der Waals surface area contributed by atoms with Gasteiger partial charge in [-0.1, -0.05) is 11.8 Å². The molecular formula is C22H22Cl2N2O8S. The molecule has 0 atom stereocenters. The minimum absolute atomic E-state index is 0.152. The first kappa shape index (κ1) is 28.3. The summed E-state index contributed by atoms with van der Waals surface area (Å²) in [6.07, 6.45) is 0. The maximum Gasteiger partial charge on any atom is 0.312 e. The molecule has 2 aromatic rings. The van der Waals surface area contributed by atoms with E-state index in [2.05, 4.69) is 0 Å². The van der Waals surface area contributed by atoms with Crippen LogP contribution in [0.2, 0.25) is 0 Å². The summed E-state index contributed by atoms with van der Waals surface area (Å²) in [7, 11) is 0. The fourth-order valence-corrected chi connectivity index (χ4v) is 5.20. The lowest BCUT2D eigenvalue weighted by molar-refractivity contribution is -0.385. The number of hydrogen-bond acceptors (Lipinski definition) is 9. The van der Waals surface area contributed by atoms with Crippen LogP contribution >= 0.6 is 35.0 Å². The van der Waals surface area contributed by atoms with E-state index in [1.54, 1.807) is 27.7 Å². The Kier molecular flexibility index (Phi) is 8.41. The van der Waals surface area contributed by atoms with E-state index in [9.17, 15) is 29.8 Å². The molecule has 0 fully saturated rings. The van der Waals surface area contributed by atoms with Gasteiger partial charge in [0.15, 0.2) is 0 Å². The molecule has 0 unspecified atom stereocenters. The van der Waals surface area contributed by atoms with Crippen LogP contribution < -0.4 is 9.47 Å². The highest BCUT2D eigenvalue weighted by molar-refractivity contribution is 7.99. The van der Waals surface area contributed by atoms with Crippen LogP contribution in [0, 0.1) is 20.2 Å². The van der Waals surface area contributed by atoms with Crippen molar-refractivity contribution in [2.45, 2.75) is 61.1 Å². The number of nitro groups is 2. The normalized spacial score (nSPS) is 11.7. The Hall–Kier alpha value is -2.89. The molecule has 2 rings (SSSR count). The monoisotopic (exact) mass is 544 g/mol. The zero-order chi connectivity index (χ0) is 26.9. The minimum atomic E-state index is -1.24. The predicted molar refractivity (Wildman–Crippen MR) is 131 cm³/mol. The standard InChI is InChI=1S/C22H22Cl2N2O8S/c1-11(27)33-19-13(25(29)30)7-9-15(17(19)21(3,4)23)35-16-10-8-14(26(31)32)20(34-12(2)28)18(16)22(5,6)24/h7-10H,1-6H3. The first-order valence-corrected chi connectivity index (χ1v) is 11.6. The van der Waals surface area contributed by atoms with Crippen LogP contribution in [-0.2, 0) is 19.3 Å². The summed E-state index contributed by atoms with van der Waals surface area (Å²) in [6, 6.07) is 5.17. The number of nitrogens with zero attached hydrogens (tertiary/aromatic N) is 2. The summed E-state index contributed by atoms with van der Waals surface area (Å²) in [5.74, 6) is -2.21. The van der Waals surface area contributed by atoms with Crippen LogP contribution in [0.15, 0.2) is 34.1 Å². The Morgan fingerprint density at radius 3 is 1.31 bits per heavy atom. The van der Waals surface area contributed by atoms with E-state index in [-0.39, 0.29) is 22.6 Å². The number of halogens is 2. The molecule has 0 saturated heterocycles. The molecule has 0 aliphatic carbocycles. The van der Waals surface area contributed by atoms with Gasteiger partial charge in [-0.3, -0.25) is 29.8 Å². The number of rotatable bonds is 8. The Bertz CT molecular complexity index is 1130. The quantitative estimate of drug-likeness (QED) is 0.120. The first-order valence-electron chi connectivity index (χ1n) is 10.0. The maximum absolute atomic E-state index is 11.7. The van der Waals surface area contributed by atoms with E-state index >= 15 is 0 Å². The van der Waals surface area contributed by atoms with Gasteiger partial charge >= 0.3 is 23.3 Å². The van der Waals surface area contributed by atoms with Crippen molar-refractivity contribution in [3.63, 3.8) is 0 Å². The Morgan fingerprint density at radius 1 is 0.771 bits per heavy atom. The van der Waals surface area contributed by atoms with Gasteiger partial charge in [0.25, 0.3) is 0 Å². The number of nitro benzene ring substituents is 2. The van der Waals surface area contributed by atoms with Gasteiger partial charge in [-0.25, -0.2) is 0 Å². The van der Waals surface area contributed by atoms with E-state index in [1.165, 1.54) is 12.1 Å². The minimum Gasteiger partial charge on any atom is -0.419 e. The molecule has 0 radical (unpaired) electrons. The Labute approximate surface area is 215 Å². The summed E-state index contributed by atoms with van der Waals surface area (Å²) in [4.78, 5) is 43.6. The SMILES string of the molecule is CC(=O)Oc1c([N+](=O)[O-])ccc(Sc2ccc([N+](=O)[O-])c(OC(C)=O)c2C(C)(C)Cl)c1C(C)(C)Cl. The summed E-state index contributed by atoms with van der Waals surface area (Å²) < 4.78 is 10.4. The zero-order valence-corrected chi connectivity index (χ0v) is 22.0. The van der Waals surface area contributed by atoms with Gasteiger partial charge in [0, 0.05) is 46.9 Å². The molecule has 2 aromatic carbocycles. The van der Waals surface area contributed by atoms with Crippen LogP contribution in [0.1, 0.15) is 52.7 Å². The predicted octanol–water partition coefficient (Wildman–Crippen LogP) is 6.45. The van der Waals surface area contributed by atoms with Gasteiger partial charge in [-0.2, -0.15) is 0 Å². The lowest BCUT2D eigenvalue weighted by atomic mass is 9.99. The van der Waals surface area contributed by atoms with Crippen molar-refractivity contribution in [2.75, 3.05) is 0 Å². The second kappa shape index (κ2) is 10.4.